The number of unbranched alkanes of at least 4 members (excludes halogenated alkanes) is 4. The average Bonchev–Trinajstić information content (AvgIpc) is 2.91. The van der Waals surface area contributed by atoms with E-state index in [-0.39, 0.29) is 46.2 Å². The molecule has 0 aromatic heterocycles. The molecule has 4 rings (SSSR count). The number of rotatable bonds is 11. The molecule has 210 valence electrons. The van der Waals surface area contributed by atoms with Gasteiger partial charge in [-0.3, -0.25) is 0 Å². The molecule has 1 aromatic carbocycles. The molecule has 1 atom stereocenters. The van der Waals surface area contributed by atoms with E-state index < -0.39 is 29.5 Å². The monoisotopic (exact) mass is 560 g/mol. The number of carbonyl (C=O) groups excluding carboxylic acids is 4. The first kappa shape index (κ1) is 29.9. The number of ether oxygens (including phenoxy) is 3. The molecule has 0 radical (unpaired) electrons. The molecule has 1 unspecified atom stereocenters. The molecule has 2 N–H and O–H groups in total. The van der Waals surface area contributed by atoms with E-state index in [1.165, 1.54) is 6.92 Å². The number of hydrogen-bond donors (Lipinski definition) is 1. The quantitative estimate of drug-likeness (QED) is 0.240. The molecule has 0 saturated carbocycles. The number of methoxy groups -OCH3 is 1. The molecule has 11 heteroatoms. The number of allylic oxidation sites excluding steroid dienone is 2. The molecule has 10 nitrogen and oxygen atoms in total. The number of carbonyl (C=O) groups is 4. The number of esters is 3. The summed E-state index contributed by atoms with van der Waals surface area (Å²) in [7, 11) is 1.15. The zero-order valence-electron chi connectivity index (χ0n) is 22.3. The van der Waals surface area contributed by atoms with Crippen molar-refractivity contribution >= 4 is 35.5 Å². The predicted molar refractivity (Wildman–Crippen MR) is 141 cm³/mol. The Hall–Kier alpha value is -3.63. The van der Waals surface area contributed by atoms with Crippen molar-refractivity contribution in [1.29, 1.82) is 0 Å². The number of benzene rings is 1. The van der Waals surface area contributed by atoms with Crippen LogP contribution in [0.15, 0.2) is 59.0 Å². The molecule has 3 aliphatic heterocycles. The van der Waals surface area contributed by atoms with Crippen molar-refractivity contribution in [3.63, 3.8) is 0 Å². The minimum absolute atomic E-state index is 0.0167. The highest BCUT2D eigenvalue weighted by Crippen LogP contribution is 2.52. The molecule has 2 bridgehead atoms. The molecule has 0 amide bonds. The minimum atomic E-state index is -2.17. The van der Waals surface area contributed by atoms with Crippen LogP contribution < -0.4 is 5.73 Å². The van der Waals surface area contributed by atoms with Crippen LogP contribution in [-0.4, -0.2) is 49.2 Å². The molecular formula is C28H33ClN2O8. The van der Waals surface area contributed by atoms with Gasteiger partial charge >= 0.3 is 23.9 Å². The van der Waals surface area contributed by atoms with E-state index in [1.54, 1.807) is 31.2 Å². The van der Waals surface area contributed by atoms with Crippen molar-refractivity contribution in [1.82, 2.24) is 5.06 Å². The molecule has 0 spiro atoms. The molecule has 0 saturated heterocycles. The Balaban J connectivity index is 2.39. The Kier molecular flexibility index (Phi) is 10.3. The molecule has 39 heavy (non-hydrogen) atoms. The molecule has 0 aliphatic carbocycles. The third-order valence-corrected chi connectivity index (χ3v) is 6.76. The number of halogens is 1. The van der Waals surface area contributed by atoms with Crippen LogP contribution in [-0.2, 0) is 43.8 Å². The maximum atomic E-state index is 13.8. The zero-order chi connectivity index (χ0) is 28.6. The molecule has 3 heterocycles. The van der Waals surface area contributed by atoms with Gasteiger partial charge in [-0.1, -0.05) is 49.1 Å². The van der Waals surface area contributed by atoms with Crippen LogP contribution in [0.4, 0.5) is 0 Å². The molecule has 1 aromatic rings. The van der Waals surface area contributed by atoms with Crippen LogP contribution in [0.5, 0.6) is 0 Å². The Bertz CT molecular complexity index is 1220. The number of nitrogens with zero attached hydrogens (tertiary/aromatic N) is 1. The van der Waals surface area contributed by atoms with Gasteiger partial charge in [0.25, 0.3) is 0 Å². The van der Waals surface area contributed by atoms with Crippen LogP contribution in [0.1, 0.15) is 57.9 Å². The van der Waals surface area contributed by atoms with Gasteiger partial charge in [0.05, 0.1) is 25.1 Å². The standard InChI is InChI=1S/C28H33ClN2O8/c1-4-37-27(35)25-21(14-8-6-5-7-11-17-30)31-18(2)24(26(34)36-3)28(25,19-12-9-10-13-20(19)29)38-22(32)15-16-23(33)39-31/h9-10,12-13,15-16H,4-8,11,14,17,30H2,1-3H3/b16-15+. The summed E-state index contributed by atoms with van der Waals surface area (Å²) in [6.45, 7) is 3.71. The van der Waals surface area contributed by atoms with Crippen LogP contribution in [0.2, 0.25) is 5.02 Å². The van der Waals surface area contributed by atoms with Crippen molar-refractivity contribution in [2.75, 3.05) is 20.3 Å². The van der Waals surface area contributed by atoms with Crippen molar-refractivity contribution in [2.24, 2.45) is 5.73 Å². The van der Waals surface area contributed by atoms with Gasteiger partial charge < -0.3 is 24.8 Å². The summed E-state index contributed by atoms with van der Waals surface area (Å²) < 4.78 is 16.5. The zero-order valence-corrected chi connectivity index (χ0v) is 23.0. The van der Waals surface area contributed by atoms with Gasteiger partial charge in [0.1, 0.15) is 11.1 Å². The summed E-state index contributed by atoms with van der Waals surface area (Å²) in [6, 6.07) is 6.39. The van der Waals surface area contributed by atoms with Crippen LogP contribution in [0.3, 0.4) is 0 Å². The van der Waals surface area contributed by atoms with E-state index in [1.807, 2.05) is 0 Å². The van der Waals surface area contributed by atoms with E-state index >= 15 is 0 Å². The second kappa shape index (κ2) is 13.4. The fourth-order valence-corrected chi connectivity index (χ4v) is 5.05. The van der Waals surface area contributed by atoms with Crippen molar-refractivity contribution < 1.29 is 38.2 Å². The second-order valence-corrected chi connectivity index (χ2v) is 9.33. The van der Waals surface area contributed by atoms with Gasteiger partial charge in [0.15, 0.2) is 0 Å². The first-order valence-electron chi connectivity index (χ1n) is 12.8. The summed E-state index contributed by atoms with van der Waals surface area (Å²) in [6.07, 6.45) is 6.08. The van der Waals surface area contributed by atoms with Crippen LogP contribution >= 0.6 is 11.6 Å². The highest BCUT2D eigenvalue weighted by atomic mass is 35.5. The number of hydrogen-bond acceptors (Lipinski definition) is 10. The van der Waals surface area contributed by atoms with Crippen molar-refractivity contribution in [3.05, 3.63) is 69.5 Å². The Morgan fingerprint density at radius 2 is 1.67 bits per heavy atom. The summed E-state index contributed by atoms with van der Waals surface area (Å²) >= 11 is 6.64. The largest absolute Gasteiger partial charge is 0.465 e. The van der Waals surface area contributed by atoms with Gasteiger partial charge in [0, 0.05) is 22.7 Å². The summed E-state index contributed by atoms with van der Waals surface area (Å²) in [5.74, 6) is -3.72. The molecule has 0 fully saturated rings. The summed E-state index contributed by atoms with van der Waals surface area (Å²) in [4.78, 5) is 58.6. The van der Waals surface area contributed by atoms with Gasteiger partial charge in [0.2, 0.25) is 5.60 Å². The lowest BCUT2D eigenvalue weighted by Gasteiger charge is -2.44. The van der Waals surface area contributed by atoms with Crippen LogP contribution in [0.25, 0.3) is 0 Å². The van der Waals surface area contributed by atoms with Crippen molar-refractivity contribution in [3.8, 4) is 0 Å². The first-order chi connectivity index (χ1) is 18.7. The minimum Gasteiger partial charge on any atom is -0.465 e. The van der Waals surface area contributed by atoms with E-state index in [2.05, 4.69) is 0 Å². The second-order valence-electron chi connectivity index (χ2n) is 8.92. The first-order valence-corrected chi connectivity index (χ1v) is 13.2. The van der Waals surface area contributed by atoms with E-state index in [4.69, 9.17) is 36.4 Å². The summed E-state index contributed by atoms with van der Waals surface area (Å²) in [5, 5.41) is 1.24. The highest BCUT2D eigenvalue weighted by Gasteiger charge is 2.58. The van der Waals surface area contributed by atoms with Gasteiger partial charge in [-0.05, 0) is 45.7 Å². The Morgan fingerprint density at radius 3 is 2.33 bits per heavy atom. The van der Waals surface area contributed by atoms with Gasteiger partial charge in [-0.25, -0.2) is 19.2 Å². The predicted octanol–water partition coefficient (Wildman–Crippen LogP) is 3.99. The Morgan fingerprint density at radius 1 is 1.00 bits per heavy atom. The topological polar surface area (TPSA) is 134 Å². The lowest BCUT2D eigenvalue weighted by molar-refractivity contribution is -0.176. The third-order valence-electron chi connectivity index (χ3n) is 6.43. The number of fused-ring (bicyclic) bond motifs is 4. The van der Waals surface area contributed by atoms with E-state index in [0.717, 1.165) is 50.0 Å². The smallest absolute Gasteiger partial charge is 0.356 e. The van der Waals surface area contributed by atoms with Gasteiger partial charge in [-0.2, -0.15) is 5.06 Å². The van der Waals surface area contributed by atoms with Crippen LogP contribution in [0, 0.1) is 0 Å². The SMILES string of the molecule is CCOC(=O)C1=C(CCCCCCCN)N2OC(=O)/C=C/C(=O)OC1(c1ccccc1Cl)C(C(=O)OC)=C2C. The average molecular weight is 561 g/mol. The van der Waals surface area contributed by atoms with Gasteiger partial charge in [-0.15, -0.1) is 0 Å². The summed E-state index contributed by atoms with van der Waals surface area (Å²) in [5.41, 5.74) is 3.39. The lowest BCUT2D eigenvalue weighted by Crippen LogP contribution is -2.50. The molecular weight excluding hydrogens is 528 g/mol. The normalized spacial score (nSPS) is 20.0. The van der Waals surface area contributed by atoms with Crippen molar-refractivity contribution in [2.45, 2.75) is 58.0 Å². The fourth-order valence-electron chi connectivity index (χ4n) is 4.78. The maximum Gasteiger partial charge on any atom is 0.356 e. The molecule has 3 aliphatic rings. The van der Waals surface area contributed by atoms with E-state index in [9.17, 15) is 19.2 Å². The lowest BCUT2D eigenvalue weighted by atomic mass is 9.74. The number of hydroxylamine groups is 2. The van der Waals surface area contributed by atoms with E-state index in [0.29, 0.717) is 13.0 Å². The maximum absolute atomic E-state index is 13.8. The fraction of sp³-hybridized carbons (Fsp3) is 0.429. The number of nitrogens with two attached hydrogens (primary N) is 1. The Labute approximate surface area is 232 Å². The third kappa shape index (κ3) is 6.17. The highest BCUT2D eigenvalue weighted by molar-refractivity contribution is 6.31.